The minimum absolute atomic E-state index is 0.00769. The Bertz CT molecular complexity index is 937. The third-order valence-electron chi connectivity index (χ3n) is 6.88. The van der Waals surface area contributed by atoms with Crippen molar-refractivity contribution >= 4 is 27.6 Å². The van der Waals surface area contributed by atoms with Gasteiger partial charge in [-0.05, 0) is 68.2 Å². The number of hydrogen-bond donors (Lipinski definition) is 2. The Morgan fingerprint density at radius 2 is 1.37 bits per heavy atom. The molecule has 38 heavy (non-hydrogen) atoms. The lowest BCUT2D eigenvalue weighted by molar-refractivity contribution is -0.166. The first-order valence-corrected chi connectivity index (χ1v) is 14.9. The van der Waals surface area contributed by atoms with Gasteiger partial charge in [-0.3, -0.25) is 18.9 Å². The summed E-state index contributed by atoms with van der Waals surface area (Å²) in [6, 6.07) is 0. The third-order valence-corrected chi connectivity index (χ3v) is 7.97. The monoisotopic (exact) mass is 563 g/mol. The van der Waals surface area contributed by atoms with E-state index in [-0.39, 0.29) is 37.4 Å². The van der Waals surface area contributed by atoms with E-state index in [1.54, 1.807) is 6.92 Å². The van der Waals surface area contributed by atoms with Gasteiger partial charge < -0.3 is 14.8 Å². The molecule has 0 bridgehead atoms. The summed E-state index contributed by atoms with van der Waals surface area (Å²) in [4.78, 5) is 39.0. The predicted molar refractivity (Wildman–Crippen MR) is 150 cm³/mol. The fraction of sp³-hybridized carbons (Fsp3) is 0.893. The summed E-state index contributed by atoms with van der Waals surface area (Å²) in [5.41, 5.74) is -4.06. The zero-order valence-corrected chi connectivity index (χ0v) is 26.7. The van der Waals surface area contributed by atoms with Gasteiger partial charge in [-0.2, -0.15) is 8.42 Å². The summed E-state index contributed by atoms with van der Waals surface area (Å²) in [7, 11) is -4.31. The van der Waals surface area contributed by atoms with Crippen molar-refractivity contribution in [2.24, 2.45) is 16.7 Å². The van der Waals surface area contributed by atoms with E-state index in [1.807, 2.05) is 69.2 Å². The van der Waals surface area contributed by atoms with E-state index >= 15 is 0 Å². The van der Waals surface area contributed by atoms with Crippen LogP contribution in [0.2, 0.25) is 0 Å². The molecule has 0 aliphatic heterocycles. The average molecular weight is 564 g/mol. The molecule has 0 aliphatic carbocycles. The summed E-state index contributed by atoms with van der Waals surface area (Å²) in [5.74, 6) is -1.81. The number of carbonyl (C=O) groups is 3. The lowest BCUT2D eigenvalue weighted by Crippen LogP contribution is -2.52. The molecule has 0 aromatic carbocycles. The van der Waals surface area contributed by atoms with Crippen molar-refractivity contribution in [3.05, 3.63) is 0 Å². The van der Waals surface area contributed by atoms with Gasteiger partial charge in [0.1, 0.15) is 11.9 Å². The average Bonchev–Trinajstić information content (AvgIpc) is 2.64. The van der Waals surface area contributed by atoms with Crippen LogP contribution in [-0.4, -0.2) is 65.6 Å². The molecule has 0 fully saturated rings. The van der Waals surface area contributed by atoms with Crippen LogP contribution in [0.25, 0.3) is 0 Å². The standard InChI is InChI=1S/C28H53NO8S/c1-19(37-25(5,6)7)22(31)27(10,11)28(12,13)36-17-16-20(14-15-21(30)24(2,3)4)23(32)29-26(8,9)18-38(33,34)35/h19-20H,14-18H2,1-13H3,(H,29,32)(H,33,34,35). The largest absolute Gasteiger partial charge is 0.375 e. The van der Waals surface area contributed by atoms with Crippen LogP contribution in [0.1, 0.15) is 109 Å². The SMILES string of the molecule is CC(OC(C)(C)C)C(=O)C(C)(C)C(C)(C)OCCC(CCC(=O)C(C)(C)C)C(=O)NC(C)(C)CS(=O)(=O)O. The summed E-state index contributed by atoms with van der Waals surface area (Å²) < 4.78 is 44.1. The highest BCUT2D eigenvalue weighted by molar-refractivity contribution is 7.85. The molecule has 1 amide bonds. The van der Waals surface area contributed by atoms with E-state index in [0.717, 1.165) is 0 Å². The molecule has 224 valence electrons. The zero-order chi connectivity index (χ0) is 30.5. The Labute approximate surface area is 230 Å². The molecule has 0 saturated carbocycles. The maximum atomic E-state index is 13.3. The molecule has 2 atom stereocenters. The molecule has 0 aromatic rings. The molecule has 0 spiro atoms. The second kappa shape index (κ2) is 12.9. The first-order valence-electron chi connectivity index (χ1n) is 13.3. The molecule has 0 saturated heterocycles. The van der Waals surface area contributed by atoms with Crippen molar-refractivity contribution in [1.82, 2.24) is 5.32 Å². The normalized spacial score (nSPS) is 15.6. The van der Waals surface area contributed by atoms with Crippen LogP contribution in [0.5, 0.6) is 0 Å². The number of carbonyl (C=O) groups excluding carboxylic acids is 3. The number of hydrogen-bond acceptors (Lipinski definition) is 7. The van der Waals surface area contributed by atoms with Gasteiger partial charge in [0.25, 0.3) is 10.1 Å². The molecular formula is C28H53NO8S. The van der Waals surface area contributed by atoms with Crippen molar-refractivity contribution in [1.29, 1.82) is 0 Å². The highest BCUT2D eigenvalue weighted by Gasteiger charge is 2.46. The Kier molecular flexibility index (Phi) is 12.4. The first-order chi connectivity index (χ1) is 16.6. The number of amides is 1. The molecule has 0 heterocycles. The summed E-state index contributed by atoms with van der Waals surface area (Å²) in [6.45, 7) is 23.2. The van der Waals surface area contributed by atoms with Gasteiger partial charge in [-0.15, -0.1) is 0 Å². The maximum absolute atomic E-state index is 13.3. The zero-order valence-electron chi connectivity index (χ0n) is 25.9. The molecule has 9 nitrogen and oxygen atoms in total. The minimum Gasteiger partial charge on any atom is -0.375 e. The van der Waals surface area contributed by atoms with Crippen molar-refractivity contribution in [2.45, 2.75) is 132 Å². The minimum atomic E-state index is -4.31. The van der Waals surface area contributed by atoms with Gasteiger partial charge in [-0.25, -0.2) is 0 Å². The molecule has 0 aliphatic rings. The number of nitrogens with one attached hydrogen (secondary N) is 1. The van der Waals surface area contributed by atoms with Crippen LogP contribution in [0.4, 0.5) is 0 Å². The third kappa shape index (κ3) is 12.7. The van der Waals surface area contributed by atoms with Crippen molar-refractivity contribution in [3.63, 3.8) is 0 Å². The topological polar surface area (TPSA) is 136 Å². The van der Waals surface area contributed by atoms with Crippen LogP contribution in [0.15, 0.2) is 0 Å². The molecule has 0 rings (SSSR count). The van der Waals surface area contributed by atoms with Crippen LogP contribution in [0, 0.1) is 16.7 Å². The second-order valence-electron chi connectivity index (χ2n) is 14.0. The number of ketones is 2. The van der Waals surface area contributed by atoms with Crippen LogP contribution in [0.3, 0.4) is 0 Å². The van der Waals surface area contributed by atoms with E-state index < -0.39 is 61.4 Å². The summed E-state index contributed by atoms with van der Waals surface area (Å²) in [6.07, 6.45) is 0.0502. The van der Waals surface area contributed by atoms with E-state index in [2.05, 4.69) is 5.32 Å². The van der Waals surface area contributed by atoms with Gasteiger partial charge in [0.2, 0.25) is 5.91 Å². The Hall–Kier alpha value is -1.36. The lowest BCUT2D eigenvalue weighted by Gasteiger charge is -2.42. The van der Waals surface area contributed by atoms with Crippen molar-refractivity contribution < 1.29 is 36.8 Å². The van der Waals surface area contributed by atoms with E-state index in [0.29, 0.717) is 0 Å². The number of ether oxygens (including phenoxy) is 2. The quantitative estimate of drug-likeness (QED) is 0.272. The predicted octanol–water partition coefficient (Wildman–Crippen LogP) is 4.76. The van der Waals surface area contributed by atoms with Gasteiger partial charge in [0.15, 0.2) is 5.78 Å². The Morgan fingerprint density at radius 1 is 0.868 bits per heavy atom. The van der Waals surface area contributed by atoms with Crippen molar-refractivity contribution in [3.8, 4) is 0 Å². The van der Waals surface area contributed by atoms with Crippen LogP contribution >= 0.6 is 0 Å². The fourth-order valence-corrected chi connectivity index (χ4v) is 5.02. The van der Waals surface area contributed by atoms with Crippen molar-refractivity contribution in [2.75, 3.05) is 12.4 Å². The van der Waals surface area contributed by atoms with Gasteiger partial charge in [0, 0.05) is 24.4 Å². The summed E-state index contributed by atoms with van der Waals surface area (Å²) >= 11 is 0. The molecule has 2 N–H and O–H groups in total. The van der Waals surface area contributed by atoms with Gasteiger partial charge >= 0.3 is 0 Å². The number of Topliss-reactive ketones (excluding diaryl/α,β-unsaturated/α-hetero) is 2. The molecule has 10 heteroatoms. The molecular weight excluding hydrogens is 510 g/mol. The first kappa shape index (κ1) is 36.6. The van der Waals surface area contributed by atoms with Crippen LogP contribution < -0.4 is 5.32 Å². The fourth-order valence-electron chi connectivity index (χ4n) is 4.04. The summed E-state index contributed by atoms with van der Waals surface area (Å²) in [5, 5.41) is 2.69. The Morgan fingerprint density at radius 3 is 1.79 bits per heavy atom. The van der Waals surface area contributed by atoms with E-state index in [1.165, 1.54) is 13.8 Å². The highest BCUT2D eigenvalue weighted by Crippen LogP contribution is 2.37. The van der Waals surface area contributed by atoms with Gasteiger partial charge in [0.05, 0.1) is 27.9 Å². The van der Waals surface area contributed by atoms with E-state index in [9.17, 15) is 27.4 Å². The smallest absolute Gasteiger partial charge is 0.267 e. The number of rotatable bonds is 15. The molecule has 2 unspecified atom stereocenters. The van der Waals surface area contributed by atoms with Gasteiger partial charge in [-0.1, -0.05) is 34.6 Å². The maximum Gasteiger partial charge on any atom is 0.267 e. The molecule has 0 radical (unpaired) electrons. The van der Waals surface area contributed by atoms with E-state index in [4.69, 9.17) is 9.47 Å². The highest BCUT2D eigenvalue weighted by atomic mass is 32.2. The van der Waals surface area contributed by atoms with Crippen LogP contribution in [-0.2, 0) is 34.0 Å². The Balaban J connectivity index is 5.61. The molecule has 0 aromatic heterocycles. The lowest BCUT2D eigenvalue weighted by atomic mass is 9.72. The second-order valence-corrected chi connectivity index (χ2v) is 15.5.